The van der Waals surface area contributed by atoms with E-state index in [4.69, 9.17) is 11.7 Å². The number of terminal acetylenes is 1. The number of nitrogens with one attached hydrogen (secondary N) is 1. The molecule has 0 aliphatic heterocycles. The van der Waals surface area contributed by atoms with Crippen molar-refractivity contribution in [3.8, 4) is 18.4 Å². The third-order valence-electron chi connectivity index (χ3n) is 1.02. The van der Waals surface area contributed by atoms with Crippen LogP contribution in [0.3, 0.4) is 0 Å². The van der Waals surface area contributed by atoms with Crippen LogP contribution < -0.4 is 5.32 Å². The molecule has 0 aliphatic rings. The van der Waals surface area contributed by atoms with E-state index in [1.54, 1.807) is 11.8 Å². The van der Waals surface area contributed by atoms with Gasteiger partial charge in [0.05, 0.1) is 11.8 Å². The second kappa shape index (κ2) is 9.36. The highest BCUT2D eigenvalue weighted by atomic mass is 32.2. The van der Waals surface area contributed by atoms with Crippen molar-refractivity contribution >= 4 is 11.8 Å². The van der Waals surface area contributed by atoms with Gasteiger partial charge in [0.1, 0.15) is 0 Å². The van der Waals surface area contributed by atoms with Crippen molar-refractivity contribution in [2.75, 3.05) is 24.6 Å². The molecule has 0 saturated heterocycles. The van der Waals surface area contributed by atoms with Gasteiger partial charge in [0.2, 0.25) is 0 Å². The van der Waals surface area contributed by atoms with Gasteiger partial charge in [-0.05, 0) is 0 Å². The Morgan fingerprint density at radius 1 is 1.45 bits per heavy atom. The molecule has 11 heavy (non-hydrogen) atoms. The van der Waals surface area contributed by atoms with E-state index in [0.717, 1.165) is 24.6 Å². The lowest BCUT2D eigenvalue weighted by atomic mass is 10.5. The second-order valence-corrected chi connectivity index (χ2v) is 3.02. The minimum Gasteiger partial charge on any atom is -0.315 e. The zero-order chi connectivity index (χ0) is 8.36. The van der Waals surface area contributed by atoms with Crippen LogP contribution in [0, 0.1) is 23.7 Å². The Balaban J connectivity index is 2.82. The van der Waals surface area contributed by atoms with E-state index in [0.29, 0.717) is 6.42 Å². The first-order valence-electron chi connectivity index (χ1n) is 3.50. The fourth-order valence-corrected chi connectivity index (χ4v) is 1.10. The van der Waals surface area contributed by atoms with E-state index in [1.807, 2.05) is 0 Å². The van der Waals surface area contributed by atoms with Gasteiger partial charge in [0.15, 0.2) is 0 Å². The average Bonchev–Trinajstić information content (AvgIpc) is 2.03. The van der Waals surface area contributed by atoms with E-state index >= 15 is 0 Å². The average molecular weight is 168 g/mol. The van der Waals surface area contributed by atoms with Crippen LogP contribution >= 0.6 is 11.8 Å². The van der Waals surface area contributed by atoms with Crippen LogP contribution in [-0.4, -0.2) is 24.6 Å². The van der Waals surface area contributed by atoms with Crippen molar-refractivity contribution in [2.45, 2.75) is 6.42 Å². The van der Waals surface area contributed by atoms with E-state index < -0.39 is 0 Å². The van der Waals surface area contributed by atoms with Crippen molar-refractivity contribution in [1.82, 2.24) is 5.32 Å². The zero-order valence-corrected chi connectivity index (χ0v) is 7.28. The fourth-order valence-electron chi connectivity index (χ4n) is 0.545. The van der Waals surface area contributed by atoms with Gasteiger partial charge in [-0.15, -0.1) is 18.2 Å². The molecule has 0 bridgehead atoms. The standard InChI is InChI=1S/C8H12N2S/c1-2-7-11-8-6-10-5-3-4-9/h1,10H,3,5-8H2. The Labute approximate surface area is 72.4 Å². The lowest BCUT2D eigenvalue weighted by Gasteiger charge is -1.98. The maximum Gasteiger partial charge on any atom is 0.0635 e. The van der Waals surface area contributed by atoms with Crippen molar-refractivity contribution in [1.29, 1.82) is 5.26 Å². The summed E-state index contributed by atoms with van der Waals surface area (Å²) in [7, 11) is 0. The molecule has 0 aromatic heterocycles. The molecule has 3 heteroatoms. The minimum absolute atomic E-state index is 0.583. The number of hydrogen-bond acceptors (Lipinski definition) is 3. The van der Waals surface area contributed by atoms with E-state index in [-0.39, 0.29) is 0 Å². The summed E-state index contributed by atoms with van der Waals surface area (Å²) in [5.41, 5.74) is 0. The summed E-state index contributed by atoms with van der Waals surface area (Å²) >= 11 is 1.73. The van der Waals surface area contributed by atoms with E-state index in [2.05, 4.69) is 17.3 Å². The summed E-state index contributed by atoms with van der Waals surface area (Å²) in [6.07, 6.45) is 5.64. The molecule has 0 atom stereocenters. The predicted octanol–water partition coefficient (Wildman–Crippen LogP) is 0.856. The normalized spacial score (nSPS) is 8.55. The van der Waals surface area contributed by atoms with Gasteiger partial charge in [-0.3, -0.25) is 0 Å². The Hall–Kier alpha value is -0.640. The van der Waals surface area contributed by atoms with Gasteiger partial charge in [-0.25, -0.2) is 0 Å². The quantitative estimate of drug-likeness (QED) is 0.472. The van der Waals surface area contributed by atoms with Crippen LogP contribution in [0.2, 0.25) is 0 Å². The van der Waals surface area contributed by atoms with Crippen LogP contribution in [-0.2, 0) is 0 Å². The molecular formula is C8H12N2S. The molecule has 0 aromatic rings. The lowest BCUT2D eigenvalue weighted by molar-refractivity contribution is 0.735. The predicted molar refractivity (Wildman–Crippen MR) is 49.3 cm³/mol. The summed E-state index contributed by atoms with van der Waals surface area (Å²) in [6.45, 7) is 1.72. The van der Waals surface area contributed by atoms with Crippen molar-refractivity contribution < 1.29 is 0 Å². The van der Waals surface area contributed by atoms with E-state index in [9.17, 15) is 0 Å². The molecule has 1 N–H and O–H groups in total. The van der Waals surface area contributed by atoms with Gasteiger partial charge >= 0.3 is 0 Å². The van der Waals surface area contributed by atoms with Crippen molar-refractivity contribution in [3.63, 3.8) is 0 Å². The maximum atomic E-state index is 8.19. The van der Waals surface area contributed by atoms with E-state index in [1.165, 1.54) is 0 Å². The number of nitriles is 1. The van der Waals surface area contributed by atoms with Crippen LogP contribution in [0.15, 0.2) is 0 Å². The molecule has 2 nitrogen and oxygen atoms in total. The molecule has 0 radical (unpaired) electrons. The SMILES string of the molecule is C#CCSCCNCCC#N. The summed E-state index contributed by atoms with van der Waals surface area (Å²) in [6, 6.07) is 2.07. The molecule has 0 aliphatic carbocycles. The topological polar surface area (TPSA) is 35.8 Å². The smallest absolute Gasteiger partial charge is 0.0635 e. The first-order valence-corrected chi connectivity index (χ1v) is 4.66. The Kier molecular flexibility index (Phi) is 8.82. The first-order chi connectivity index (χ1) is 5.41. The highest BCUT2D eigenvalue weighted by molar-refractivity contribution is 7.99. The molecule has 60 valence electrons. The second-order valence-electron chi connectivity index (χ2n) is 1.91. The highest BCUT2D eigenvalue weighted by Gasteiger charge is 1.86. The number of thioether (sulfide) groups is 1. The third kappa shape index (κ3) is 9.36. The molecule has 0 aromatic carbocycles. The lowest BCUT2D eigenvalue weighted by Crippen LogP contribution is -2.17. The van der Waals surface area contributed by atoms with Gasteiger partial charge in [-0.1, -0.05) is 5.92 Å². The summed E-state index contributed by atoms with van der Waals surface area (Å²) in [5.74, 6) is 4.35. The molecule has 0 amide bonds. The first kappa shape index (κ1) is 10.4. The number of hydrogen-bond donors (Lipinski definition) is 1. The molecule has 0 rings (SSSR count). The van der Waals surface area contributed by atoms with Crippen LogP contribution in [0.4, 0.5) is 0 Å². The van der Waals surface area contributed by atoms with Crippen LogP contribution in [0.25, 0.3) is 0 Å². The monoisotopic (exact) mass is 168 g/mol. The Bertz CT molecular complexity index is 136. The third-order valence-corrected chi connectivity index (χ3v) is 1.89. The Morgan fingerprint density at radius 3 is 2.91 bits per heavy atom. The van der Waals surface area contributed by atoms with Crippen molar-refractivity contribution in [2.24, 2.45) is 0 Å². The Morgan fingerprint density at radius 2 is 2.27 bits per heavy atom. The molecule has 0 unspecified atom stereocenters. The van der Waals surface area contributed by atoms with Gasteiger partial charge in [0, 0.05) is 25.3 Å². The molecular weight excluding hydrogens is 156 g/mol. The summed E-state index contributed by atoms with van der Waals surface area (Å²) in [4.78, 5) is 0. The zero-order valence-electron chi connectivity index (χ0n) is 6.47. The highest BCUT2D eigenvalue weighted by Crippen LogP contribution is 1.94. The number of nitrogens with zero attached hydrogens (tertiary/aromatic N) is 1. The molecule has 0 saturated carbocycles. The number of rotatable bonds is 6. The minimum atomic E-state index is 0.583. The van der Waals surface area contributed by atoms with Crippen LogP contribution in [0.5, 0.6) is 0 Å². The molecule has 0 spiro atoms. The molecule has 0 heterocycles. The van der Waals surface area contributed by atoms with Crippen molar-refractivity contribution in [3.05, 3.63) is 0 Å². The molecule has 0 fully saturated rings. The fraction of sp³-hybridized carbons (Fsp3) is 0.625. The van der Waals surface area contributed by atoms with Gasteiger partial charge in [-0.2, -0.15) is 5.26 Å². The van der Waals surface area contributed by atoms with Gasteiger partial charge in [0.25, 0.3) is 0 Å². The maximum absolute atomic E-state index is 8.19. The van der Waals surface area contributed by atoms with Gasteiger partial charge < -0.3 is 5.32 Å². The largest absolute Gasteiger partial charge is 0.315 e. The van der Waals surface area contributed by atoms with Crippen LogP contribution in [0.1, 0.15) is 6.42 Å². The summed E-state index contributed by atoms with van der Waals surface area (Å²) < 4.78 is 0. The summed E-state index contributed by atoms with van der Waals surface area (Å²) in [5, 5.41) is 11.3.